The van der Waals surface area contributed by atoms with Crippen LogP contribution in [0.15, 0.2) is 237 Å². The number of benzene rings is 11. The van der Waals surface area contributed by atoms with Gasteiger partial charge in [0.1, 0.15) is 11.5 Å². The Bertz CT molecular complexity index is 4560. The predicted molar refractivity (Wildman–Crippen MR) is 301 cm³/mol. The van der Waals surface area contributed by atoms with Gasteiger partial charge in [-0.05, 0) is 96.1 Å². The van der Waals surface area contributed by atoms with Crippen LogP contribution in [0.1, 0.15) is 0 Å². The van der Waals surface area contributed by atoms with Crippen molar-refractivity contribution in [3.05, 3.63) is 237 Å². The van der Waals surface area contributed by atoms with Gasteiger partial charge in [-0.3, -0.25) is 0 Å². The van der Waals surface area contributed by atoms with E-state index in [1.165, 1.54) is 65.2 Å². The minimum Gasteiger partial charge on any atom is -0.521 e. The van der Waals surface area contributed by atoms with Crippen molar-refractivity contribution < 1.29 is 9.31 Å². The van der Waals surface area contributed by atoms with Crippen LogP contribution in [-0.2, 0) is 0 Å². The minimum absolute atomic E-state index is 0.654. The van der Waals surface area contributed by atoms with Crippen LogP contribution in [0.2, 0.25) is 0 Å². The largest absolute Gasteiger partial charge is 0.633 e. The Hall–Kier alpha value is -9.72. The molecule has 6 nitrogen and oxygen atoms in total. The zero-order chi connectivity index (χ0) is 47.5. The smallest absolute Gasteiger partial charge is 0.521 e. The van der Waals surface area contributed by atoms with Crippen LogP contribution in [0.3, 0.4) is 0 Å². The van der Waals surface area contributed by atoms with Crippen molar-refractivity contribution in [1.82, 2.24) is 18.3 Å². The van der Waals surface area contributed by atoms with Gasteiger partial charge in [0.05, 0.1) is 44.1 Å². The summed E-state index contributed by atoms with van der Waals surface area (Å²) >= 11 is 0. The Morgan fingerprint density at radius 3 is 1.11 bits per heavy atom. The topological polar surface area (TPSA) is 38.2 Å². The molecule has 0 bridgehead atoms. The summed E-state index contributed by atoms with van der Waals surface area (Å²) in [5.41, 5.74) is 19.0. The molecule has 0 radical (unpaired) electrons. The molecule has 2 aliphatic heterocycles. The standard InChI is InChI=1S/C66H39BN4O2/c1-3-16-40(17-4-1)68-56-28-13-9-22-52(56)62-58(68)36-34-50-44-20-7-11-26-54(44)70(65(50)62)42-30-32-46-48-24-15-25-49-47-33-31-43(39-61(47)73-67(64(48)49)72-60(46)38-42)71-55-27-12-8-21-45(55)51-35-37-59-63(66(51)71)53-23-10-14-29-57(53)69(59)41-18-5-2-6-19-41/h1-39H. The first-order valence-electron chi connectivity index (χ1n) is 25.0. The molecular formula is C66H39BN4O2. The van der Waals surface area contributed by atoms with Gasteiger partial charge in [0.2, 0.25) is 0 Å². The fraction of sp³-hybridized carbons (Fsp3) is 0. The molecule has 0 unspecified atom stereocenters. The van der Waals surface area contributed by atoms with Crippen LogP contribution in [0, 0.1) is 0 Å². The van der Waals surface area contributed by atoms with E-state index in [9.17, 15) is 0 Å². The van der Waals surface area contributed by atoms with Crippen molar-refractivity contribution in [2.24, 2.45) is 0 Å². The molecule has 2 aliphatic rings. The lowest BCUT2D eigenvalue weighted by Crippen LogP contribution is -2.49. The van der Waals surface area contributed by atoms with Gasteiger partial charge >= 0.3 is 7.12 Å². The Balaban J connectivity index is 0.840. The Morgan fingerprint density at radius 1 is 0.260 bits per heavy atom. The molecule has 17 rings (SSSR count). The third-order valence-electron chi connectivity index (χ3n) is 15.8. The van der Waals surface area contributed by atoms with E-state index in [0.717, 1.165) is 84.0 Å². The first-order valence-corrected chi connectivity index (χ1v) is 25.0. The summed E-state index contributed by atoms with van der Waals surface area (Å²) < 4.78 is 24.0. The molecule has 0 amide bonds. The quantitative estimate of drug-likeness (QED) is 0.165. The average molecular weight is 931 g/mol. The van der Waals surface area contributed by atoms with E-state index in [0.29, 0.717) is 0 Å². The lowest BCUT2D eigenvalue weighted by molar-refractivity contribution is 0.436. The summed E-state index contributed by atoms with van der Waals surface area (Å²) in [4.78, 5) is 0. The van der Waals surface area contributed by atoms with Crippen LogP contribution >= 0.6 is 0 Å². The highest BCUT2D eigenvalue weighted by atomic mass is 16.6. The van der Waals surface area contributed by atoms with Gasteiger partial charge in [-0.15, -0.1) is 0 Å². The first-order chi connectivity index (χ1) is 36.2. The van der Waals surface area contributed by atoms with E-state index in [-0.39, 0.29) is 0 Å². The van der Waals surface area contributed by atoms with Gasteiger partial charge < -0.3 is 27.6 Å². The highest BCUT2D eigenvalue weighted by Gasteiger charge is 2.42. The van der Waals surface area contributed by atoms with Crippen molar-refractivity contribution in [2.45, 2.75) is 0 Å². The van der Waals surface area contributed by atoms with Crippen molar-refractivity contribution in [2.75, 3.05) is 0 Å². The summed E-state index contributed by atoms with van der Waals surface area (Å²) in [5, 5.41) is 9.70. The lowest BCUT2D eigenvalue weighted by Gasteiger charge is -2.32. The number of nitrogens with zero attached hydrogens (tertiary/aromatic N) is 4. The van der Waals surface area contributed by atoms with Crippen molar-refractivity contribution in [3.63, 3.8) is 0 Å². The molecule has 0 spiro atoms. The maximum Gasteiger partial charge on any atom is 0.633 e. The molecule has 0 N–H and O–H groups in total. The molecule has 4 aromatic heterocycles. The van der Waals surface area contributed by atoms with E-state index in [2.05, 4.69) is 255 Å². The molecule has 73 heavy (non-hydrogen) atoms. The van der Waals surface area contributed by atoms with Gasteiger partial charge in [0.15, 0.2) is 0 Å². The molecule has 0 saturated heterocycles. The highest BCUT2D eigenvalue weighted by molar-refractivity contribution is 6.68. The maximum absolute atomic E-state index is 7.15. The monoisotopic (exact) mass is 930 g/mol. The molecule has 338 valence electrons. The zero-order valence-electron chi connectivity index (χ0n) is 39.2. The third kappa shape index (κ3) is 5.22. The van der Waals surface area contributed by atoms with E-state index < -0.39 is 7.12 Å². The zero-order valence-corrected chi connectivity index (χ0v) is 39.2. The summed E-state index contributed by atoms with van der Waals surface area (Å²) in [6.07, 6.45) is 0. The van der Waals surface area contributed by atoms with Crippen LogP contribution in [0.5, 0.6) is 11.5 Å². The van der Waals surface area contributed by atoms with E-state index >= 15 is 0 Å². The molecule has 15 aromatic rings. The molecule has 0 atom stereocenters. The van der Waals surface area contributed by atoms with Gasteiger partial charge in [-0.1, -0.05) is 140 Å². The van der Waals surface area contributed by atoms with Gasteiger partial charge in [-0.2, -0.15) is 0 Å². The molecule has 7 heteroatoms. The van der Waals surface area contributed by atoms with E-state index in [1.807, 2.05) is 0 Å². The van der Waals surface area contributed by atoms with Crippen molar-refractivity contribution in [1.29, 1.82) is 0 Å². The SMILES string of the molecule is c1ccc(-n2c3ccccc3c3c2ccc2c4ccccc4n(-c4ccc5c(c4)OB4Oc6cc(-n7c8ccccc8c8ccc9c(c%10ccccc%10n9-c9ccccc9)c87)ccc6-c6cccc-5c64)c23)cc1. The van der Waals surface area contributed by atoms with Crippen LogP contribution < -0.4 is 14.8 Å². The molecule has 0 aliphatic carbocycles. The number of aromatic nitrogens is 4. The van der Waals surface area contributed by atoms with E-state index in [4.69, 9.17) is 9.31 Å². The number of rotatable bonds is 4. The van der Waals surface area contributed by atoms with Crippen molar-refractivity contribution >= 4 is 99.8 Å². The fourth-order valence-electron chi connectivity index (χ4n) is 12.9. The summed E-state index contributed by atoms with van der Waals surface area (Å²) in [7, 11) is -0.654. The Labute approximate surface area is 418 Å². The Kier molecular flexibility index (Phi) is 7.73. The van der Waals surface area contributed by atoms with Crippen molar-refractivity contribution in [3.8, 4) is 56.5 Å². The molecule has 11 aromatic carbocycles. The summed E-state index contributed by atoms with van der Waals surface area (Å²) in [6.45, 7) is 0. The second kappa shape index (κ2) is 14.4. The van der Waals surface area contributed by atoms with Crippen LogP contribution in [0.4, 0.5) is 0 Å². The number of hydrogen-bond donors (Lipinski definition) is 0. The Morgan fingerprint density at radius 2 is 0.658 bits per heavy atom. The maximum atomic E-state index is 7.15. The number of fused-ring (bicyclic) bond motifs is 18. The average Bonchev–Trinajstić information content (AvgIpc) is 4.21. The first kappa shape index (κ1) is 39.1. The molecule has 0 fully saturated rings. The second-order valence-electron chi connectivity index (χ2n) is 19.5. The van der Waals surface area contributed by atoms with Crippen LogP contribution in [0.25, 0.3) is 132 Å². The second-order valence-corrected chi connectivity index (χ2v) is 19.5. The molecule has 0 saturated carbocycles. The predicted octanol–water partition coefficient (Wildman–Crippen LogP) is 15.9. The lowest BCUT2D eigenvalue weighted by atomic mass is 9.66. The summed E-state index contributed by atoms with van der Waals surface area (Å²) in [5.74, 6) is 1.58. The normalized spacial score (nSPS) is 12.8. The summed E-state index contributed by atoms with van der Waals surface area (Å²) in [6, 6.07) is 85.7. The third-order valence-corrected chi connectivity index (χ3v) is 15.8. The molecular weight excluding hydrogens is 892 g/mol. The van der Waals surface area contributed by atoms with Gasteiger partial charge in [-0.25, -0.2) is 0 Å². The highest BCUT2D eigenvalue weighted by Crippen LogP contribution is 2.48. The van der Waals surface area contributed by atoms with Crippen LogP contribution in [-0.4, -0.2) is 25.4 Å². The van der Waals surface area contributed by atoms with Gasteiger partial charge in [0.25, 0.3) is 0 Å². The molecule has 6 heterocycles. The van der Waals surface area contributed by atoms with E-state index in [1.54, 1.807) is 0 Å². The minimum atomic E-state index is -0.654. The number of hydrogen-bond acceptors (Lipinski definition) is 2. The fourth-order valence-corrected chi connectivity index (χ4v) is 12.9. The number of para-hydroxylation sites is 6. The van der Waals surface area contributed by atoms with Gasteiger partial charge in [0, 0.05) is 94.6 Å².